The topological polar surface area (TPSA) is 47.9 Å². The van der Waals surface area contributed by atoms with Crippen LogP contribution >= 0.6 is 23.2 Å². The van der Waals surface area contributed by atoms with Crippen LogP contribution in [0.3, 0.4) is 0 Å². The molecule has 1 aliphatic rings. The van der Waals surface area contributed by atoms with Gasteiger partial charge in [-0.25, -0.2) is 0 Å². The number of rotatable bonds is 3. The minimum atomic E-state index is 0.0563. The summed E-state index contributed by atoms with van der Waals surface area (Å²) < 4.78 is 5.47. The van der Waals surface area contributed by atoms with E-state index in [1.54, 1.807) is 0 Å². The Labute approximate surface area is 98.0 Å². The third kappa shape index (κ3) is 2.92. The van der Waals surface area contributed by atoms with Gasteiger partial charge in [-0.05, 0) is 30.4 Å². The lowest BCUT2D eigenvalue weighted by Crippen LogP contribution is -2.10. The first-order valence-corrected chi connectivity index (χ1v) is 5.70. The minimum Gasteiger partial charge on any atom is -0.475 e. The molecule has 1 saturated carbocycles. The molecule has 1 heterocycles. The first-order valence-electron chi connectivity index (χ1n) is 4.94. The minimum absolute atomic E-state index is 0.0563. The molecular formula is C9H11Cl2N3O. The van der Waals surface area contributed by atoms with Gasteiger partial charge in [-0.2, -0.15) is 4.98 Å². The van der Waals surface area contributed by atoms with Crippen molar-refractivity contribution in [3.63, 3.8) is 0 Å². The van der Waals surface area contributed by atoms with Crippen LogP contribution in [0.2, 0.25) is 10.4 Å². The largest absolute Gasteiger partial charge is 0.475 e. The van der Waals surface area contributed by atoms with Crippen LogP contribution in [0, 0.1) is 5.92 Å². The summed E-state index contributed by atoms with van der Waals surface area (Å²) in [4.78, 5) is 3.87. The molecule has 1 aliphatic carbocycles. The number of hydrogen-bond donors (Lipinski definition) is 0. The highest BCUT2D eigenvalue weighted by molar-refractivity contribution is 6.31. The lowest BCUT2D eigenvalue weighted by atomic mass is 10.1. The third-order valence-electron chi connectivity index (χ3n) is 2.52. The number of ether oxygens (including phenoxy) is 1. The van der Waals surface area contributed by atoms with Gasteiger partial charge in [-0.1, -0.05) is 24.4 Å². The number of halogens is 2. The summed E-state index contributed by atoms with van der Waals surface area (Å²) in [6.45, 7) is 0.634. The summed E-state index contributed by atoms with van der Waals surface area (Å²) in [7, 11) is 0. The molecule has 0 amide bonds. The van der Waals surface area contributed by atoms with Crippen molar-refractivity contribution in [2.45, 2.75) is 25.7 Å². The zero-order chi connectivity index (χ0) is 10.7. The maximum Gasteiger partial charge on any atom is 0.256 e. The van der Waals surface area contributed by atoms with Gasteiger partial charge >= 0.3 is 0 Å². The smallest absolute Gasteiger partial charge is 0.256 e. The van der Waals surface area contributed by atoms with Crippen molar-refractivity contribution in [2.24, 2.45) is 5.92 Å². The van der Waals surface area contributed by atoms with Crippen LogP contribution in [0.15, 0.2) is 0 Å². The Morgan fingerprint density at radius 2 is 1.93 bits per heavy atom. The van der Waals surface area contributed by atoms with Crippen molar-refractivity contribution in [1.29, 1.82) is 0 Å². The Hall–Kier alpha value is -0.610. The van der Waals surface area contributed by atoms with Gasteiger partial charge in [0.05, 0.1) is 6.61 Å². The molecule has 0 atom stereocenters. The highest BCUT2D eigenvalue weighted by Gasteiger charge is 2.17. The molecule has 0 unspecified atom stereocenters. The summed E-state index contributed by atoms with van der Waals surface area (Å²) in [5, 5.41) is 7.35. The van der Waals surface area contributed by atoms with Gasteiger partial charge in [0, 0.05) is 0 Å². The third-order valence-corrected chi connectivity index (χ3v) is 2.92. The zero-order valence-corrected chi connectivity index (χ0v) is 9.63. The second kappa shape index (κ2) is 4.94. The summed E-state index contributed by atoms with van der Waals surface area (Å²) in [5.41, 5.74) is 0. The van der Waals surface area contributed by atoms with E-state index in [1.807, 2.05) is 0 Å². The quantitative estimate of drug-likeness (QED) is 0.825. The predicted molar refractivity (Wildman–Crippen MR) is 57.3 cm³/mol. The molecule has 15 heavy (non-hydrogen) atoms. The Balaban J connectivity index is 1.94. The van der Waals surface area contributed by atoms with Gasteiger partial charge in [-0.15, -0.1) is 10.2 Å². The highest BCUT2D eigenvalue weighted by Crippen LogP contribution is 2.26. The summed E-state index contributed by atoms with van der Waals surface area (Å²) >= 11 is 11.4. The van der Waals surface area contributed by atoms with E-state index in [-0.39, 0.29) is 16.3 Å². The van der Waals surface area contributed by atoms with E-state index in [1.165, 1.54) is 25.7 Å². The molecule has 1 fully saturated rings. The fourth-order valence-corrected chi connectivity index (χ4v) is 2.00. The van der Waals surface area contributed by atoms with Crippen LogP contribution in [0.25, 0.3) is 0 Å². The molecule has 0 N–H and O–H groups in total. The molecule has 0 bridgehead atoms. The molecule has 1 aromatic rings. The normalized spacial score (nSPS) is 16.9. The Morgan fingerprint density at radius 3 is 2.67 bits per heavy atom. The molecule has 4 nitrogen and oxygen atoms in total. The standard InChI is InChI=1S/C9H11Cl2N3O/c10-7-8(12-9(11)14-13-7)15-5-6-3-1-2-4-6/h6H,1-5H2. The molecule has 82 valence electrons. The maximum absolute atomic E-state index is 5.76. The molecule has 0 aromatic carbocycles. The van der Waals surface area contributed by atoms with E-state index in [9.17, 15) is 0 Å². The van der Waals surface area contributed by atoms with Crippen molar-refractivity contribution in [3.05, 3.63) is 10.4 Å². The van der Waals surface area contributed by atoms with Gasteiger partial charge in [0.1, 0.15) is 0 Å². The molecule has 0 radical (unpaired) electrons. The Morgan fingerprint density at radius 1 is 1.20 bits per heavy atom. The molecule has 1 aromatic heterocycles. The lowest BCUT2D eigenvalue weighted by Gasteiger charge is -2.10. The van der Waals surface area contributed by atoms with Gasteiger partial charge < -0.3 is 4.74 Å². The lowest BCUT2D eigenvalue weighted by molar-refractivity contribution is 0.242. The first-order chi connectivity index (χ1) is 7.25. The SMILES string of the molecule is Clc1nnc(Cl)c(OCC2CCCC2)n1. The van der Waals surface area contributed by atoms with Crippen LogP contribution in [0.5, 0.6) is 5.88 Å². The zero-order valence-electron chi connectivity index (χ0n) is 8.12. The number of hydrogen-bond acceptors (Lipinski definition) is 4. The van der Waals surface area contributed by atoms with Gasteiger partial charge in [0.25, 0.3) is 5.88 Å². The van der Waals surface area contributed by atoms with Crippen molar-refractivity contribution in [2.75, 3.05) is 6.61 Å². The molecule has 2 rings (SSSR count). The summed E-state index contributed by atoms with van der Waals surface area (Å²) in [5.74, 6) is 0.887. The van der Waals surface area contributed by atoms with Crippen LogP contribution in [0.1, 0.15) is 25.7 Å². The fourth-order valence-electron chi connectivity index (χ4n) is 1.75. The summed E-state index contributed by atoms with van der Waals surface area (Å²) in [6.07, 6.45) is 4.99. The van der Waals surface area contributed by atoms with Crippen molar-refractivity contribution in [1.82, 2.24) is 15.2 Å². The van der Waals surface area contributed by atoms with Crippen LogP contribution in [-0.2, 0) is 0 Å². The Kier molecular flexibility index (Phi) is 3.59. The monoisotopic (exact) mass is 247 g/mol. The molecule has 0 saturated heterocycles. The average Bonchev–Trinajstić information content (AvgIpc) is 2.72. The molecule has 6 heteroatoms. The maximum atomic E-state index is 5.76. The van der Waals surface area contributed by atoms with Gasteiger partial charge in [-0.3, -0.25) is 0 Å². The molecule has 0 spiro atoms. The molecular weight excluding hydrogens is 237 g/mol. The van der Waals surface area contributed by atoms with E-state index < -0.39 is 0 Å². The van der Waals surface area contributed by atoms with Crippen molar-refractivity contribution >= 4 is 23.2 Å². The van der Waals surface area contributed by atoms with Crippen molar-refractivity contribution < 1.29 is 4.74 Å². The van der Waals surface area contributed by atoms with E-state index in [0.717, 1.165) is 0 Å². The van der Waals surface area contributed by atoms with E-state index >= 15 is 0 Å². The molecule has 0 aliphatic heterocycles. The second-order valence-corrected chi connectivity index (χ2v) is 4.33. The number of nitrogens with zero attached hydrogens (tertiary/aromatic N) is 3. The van der Waals surface area contributed by atoms with Gasteiger partial charge in [0.2, 0.25) is 10.4 Å². The average molecular weight is 248 g/mol. The van der Waals surface area contributed by atoms with Crippen LogP contribution in [0.4, 0.5) is 0 Å². The van der Waals surface area contributed by atoms with Gasteiger partial charge in [0.15, 0.2) is 0 Å². The fraction of sp³-hybridized carbons (Fsp3) is 0.667. The second-order valence-electron chi connectivity index (χ2n) is 3.64. The van der Waals surface area contributed by atoms with E-state index in [4.69, 9.17) is 27.9 Å². The van der Waals surface area contributed by atoms with E-state index in [2.05, 4.69) is 15.2 Å². The Bertz CT molecular complexity index is 342. The first kappa shape index (κ1) is 10.9. The summed E-state index contributed by atoms with van der Waals surface area (Å²) in [6, 6.07) is 0. The van der Waals surface area contributed by atoms with Crippen molar-refractivity contribution in [3.8, 4) is 5.88 Å². The highest BCUT2D eigenvalue weighted by atomic mass is 35.5. The number of aromatic nitrogens is 3. The van der Waals surface area contributed by atoms with Crippen LogP contribution in [-0.4, -0.2) is 21.8 Å². The predicted octanol–water partition coefficient (Wildman–Crippen LogP) is 2.75. The van der Waals surface area contributed by atoms with E-state index in [0.29, 0.717) is 12.5 Å². The van der Waals surface area contributed by atoms with Crippen LogP contribution < -0.4 is 4.74 Å².